The van der Waals surface area contributed by atoms with Gasteiger partial charge in [-0.25, -0.2) is 0 Å². The number of hydrogen-bond acceptors (Lipinski definition) is 4. The minimum absolute atomic E-state index is 0.0147. The molecule has 2 aliphatic carbocycles. The monoisotopic (exact) mass is 446 g/mol. The van der Waals surface area contributed by atoms with Gasteiger partial charge in [-0.2, -0.15) is 0 Å². The quantitative estimate of drug-likeness (QED) is 0.275. The summed E-state index contributed by atoms with van der Waals surface area (Å²) in [5.41, 5.74) is 2.85. The Morgan fingerprint density at radius 2 is 1.44 bits per heavy atom. The van der Waals surface area contributed by atoms with Crippen molar-refractivity contribution in [3.05, 3.63) is 47.1 Å². The molecule has 0 aliphatic heterocycles. The van der Waals surface area contributed by atoms with Crippen LogP contribution in [0.5, 0.6) is 0 Å². The lowest BCUT2D eigenvalue weighted by atomic mass is 9.86. The molecule has 0 bridgehead atoms. The van der Waals surface area contributed by atoms with Crippen molar-refractivity contribution in [1.29, 1.82) is 0 Å². The number of allylic oxidation sites excluding steroid dienone is 3. The van der Waals surface area contributed by atoms with Gasteiger partial charge in [-0.3, -0.25) is 0 Å². The molecule has 0 saturated carbocycles. The molecule has 0 aromatic carbocycles. The van der Waals surface area contributed by atoms with Crippen molar-refractivity contribution in [2.24, 2.45) is 16.7 Å². The van der Waals surface area contributed by atoms with Crippen LogP contribution in [0.2, 0.25) is 0 Å². The van der Waals surface area contributed by atoms with Crippen molar-refractivity contribution in [2.75, 3.05) is 13.2 Å². The van der Waals surface area contributed by atoms with E-state index in [4.69, 9.17) is 0 Å². The fourth-order valence-electron chi connectivity index (χ4n) is 4.51. The first-order valence-electron chi connectivity index (χ1n) is 12.5. The smallest absolute Gasteiger partial charge is 0.100 e. The van der Waals surface area contributed by atoms with Gasteiger partial charge in [0, 0.05) is 13.2 Å². The van der Waals surface area contributed by atoms with E-state index in [2.05, 4.69) is 33.8 Å². The number of aliphatic hydroxyl groups excluding tert-OH is 4. The number of aliphatic hydroxyl groups is 4. The third kappa shape index (κ3) is 8.30. The lowest BCUT2D eigenvalue weighted by Gasteiger charge is -2.22. The zero-order valence-electron chi connectivity index (χ0n) is 20.7. The van der Waals surface area contributed by atoms with E-state index in [-0.39, 0.29) is 30.0 Å². The van der Waals surface area contributed by atoms with Crippen molar-refractivity contribution in [3.63, 3.8) is 0 Å². The summed E-state index contributed by atoms with van der Waals surface area (Å²) >= 11 is 0. The van der Waals surface area contributed by atoms with Gasteiger partial charge in [0.25, 0.3) is 0 Å². The lowest BCUT2D eigenvalue weighted by molar-refractivity contribution is 0.137. The van der Waals surface area contributed by atoms with Crippen molar-refractivity contribution in [1.82, 2.24) is 0 Å². The summed E-state index contributed by atoms with van der Waals surface area (Å²) in [6, 6.07) is 0. The van der Waals surface area contributed by atoms with E-state index in [0.717, 1.165) is 74.5 Å². The van der Waals surface area contributed by atoms with Crippen LogP contribution in [-0.2, 0) is 0 Å². The topological polar surface area (TPSA) is 80.9 Å². The standard InChI is InChI=1S/C28H46O4/c1-27(2,19-29)17-7-5-9-21-11-13-23(25(21)31)15-16-24-14-12-22(26(24)32)10-6-8-18-28(3,4)20-30/h11,13-16,22,25-26,29-32H,5-10,12,17-20H2,1-4H3/b16-15-. The van der Waals surface area contributed by atoms with Crippen molar-refractivity contribution < 1.29 is 20.4 Å². The van der Waals surface area contributed by atoms with Crippen LogP contribution < -0.4 is 0 Å². The normalized spacial score (nSPS) is 24.2. The second-order valence-electron chi connectivity index (χ2n) is 11.4. The fraction of sp³-hybridized carbons (Fsp3) is 0.714. The summed E-state index contributed by atoms with van der Waals surface area (Å²) in [4.78, 5) is 0. The molecule has 0 aromatic rings. The SMILES string of the molecule is CC(C)(CO)CCCCC1=CC=C(/C=C\C2=CCC(CCCCC(C)(C)CO)C2O)C1O. The van der Waals surface area contributed by atoms with Crippen LogP contribution >= 0.6 is 0 Å². The first-order chi connectivity index (χ1) is 15.1. The van der Waals surface area contributed by atoms with Gasteiger partial charge in [0.15, 0.2) is 0 Å². The first kappa shape index (κ1) is 27.0. The van der Waals surface area contributed by atoms with Crippen molar-refractivity contribution >= 4 is 0 Å². The highest BCUT2D eigenvalue weighted by Gasteiger charge is 2.27. The molecule has 0 heterocycles. The van der Waals surface area contributed by atoms with E-state index in [1.165, 1.54) is 0 Å². The highest BCUT2D eigenvalue weighted by molar-refractivity contribution is 5.44. The maximum atomic E-state index is 10.7. The molecule has 0 aromatic heterocycles. The second kappa shape index (κ2) is 12.3. The summed E-state index contributed by atoms with van der Waals surface area (Å²) in [6.45, 7) is 8.76. The fourth-order valence-corrected chi connectivity index (χ4v) is 4.51. The molecule has 0 spiro atoms. The molecule has 0 radical (unpaired) electrons. The summed E-state index contributed by atoms with van der Waals surface area (Å²) in [6.07, 6.45) is 18.0. The van der Waals surface area contributed by atoms with Gasteiger partial charge in [0.05, 0.1) is 6.10 Å². The van der Waals surface area contributed by atoms with E-state index < -0.39 is 12.2 Å². The van der Waals surface area contributed by atoms with Crippen LogP contribution in [-0.4, -0.2) is 45.8 Å². The van der Waals surface area contributed by atoms with E-state index in [9.17, 15) is 20.4 Å². The van der Waals surface area contributed by atoms with Gasteiger partial charge in [-0.1, -0.05) is 77.3 Å². The molecule has 32 heavy (non-hydrogen) atoms. The van der Waals surface area contributed by atoms with Crippen LogP contribution in [0.3, 0.4) is 0 Å². The van der Waals surface area contributed by atoms with E-state index >= 15 is 0 Å². The molecule has 3 atom stereocenters. The van der Waals surface area contributed by atoms with Gasteiger partial charge in [0.1, 0.15) is 6.10 Å². The summed E-state index contributed by atoms with van der Waals surface area (Å²) in [5.74, 6) is 0.270. The van der Waals surface area contributed by atoms with Gasteiger partial charge in [-0.05, 0) is 72.0 Å². The molecule has 2 aliphatic rings. The van der Waals surface area contributed by atoms with Crippen LogP contribution in [0.4, 0.5) is 0 Å². The second-order valence-corrected chi connectivity index (χ2v) is 11.4. The van der Waals surface area contributed by atoms with Crippen LogP contribution in [0.1, 0.15) is 85.5 Å². The average molecular weight is 447 g/mol. The molecule has 4 nitrogen and oxygen atoms in total. The minimum atomic E-state index is -0.554. The predicted octanol–water partition coefficient (Wildman–Crippen LogP) is 5.23. The van der Waals surface area contributed by atoms with E-state index in [0.29, 0.717) is 0 Å². The third-order valence-electron chi connectivity index (χ3n) is 7.17. The maximum absolute atomic E-state index is 10.7. The van der Waals surface area contributed by atoms with Gasteiger partial charge in [0.2, 0.25) is 0 Å². The molecule has 2 rings (SSSR count). The molecular weight excluding hydrogens is 400 g/mol. The molecule has 0 saturated heterocycles. The molecule has 4 heteroatoms. The van der Waals surface area contributed by atoms with Gasteiger partial charge < -0.3 is 20.4 Å². The van der Waals surface area contributed by atoms with Crippen molar-refractivity contribution in [2.45, 2.75) is 97.7 Å². The molecule has 4 N–H and O–H groups in total. The van der Waals surface area contributed by atoms with Gasteiger partial charge >= 0.3 is 0 Å². The molecule has 0 amide bonds. The zero-order chi connectivity index (χ0) is 23.8. The van der Waals surface area contributed by atoms with Crippen molar-refractivity contribution in [3.8, 4) is 0 Å². The van der Waals surface area contributed by atoms with E-state index in [1.54, 1.807) is 0 Å². The highest BCUT2D eigenvalue weighted by Crippen LogP contribution is 2.33. The minimum Gasteiger partial charge on any atom is -0.396 e. The molecule has 182 valence electrons. The highest BCUT2D eigenvalue weighted by atomic mass is 16.3. The first-order valence-corrected chi connectivity index (χ1v) is 12.5. The lowest BCUT2D eigenvalue weighted by Crippen LogP contribution is -2.18. The summed E-state index contributed by atoms with van der Waals surface area (Å²) in [7, 11) is 0. The molecule has 3 unspecified atom stereocenters. The van der Waals surface area contributed by atoms with Crippen LogP contribution in [0.15, 0.2) is 47.1 Å². The van der Waals surface area contributed by atoms with E-state index in [1.807, 2.05) is 24.3 Å². The Hall–Kier alpha value is -1.20. The summed E-state index contributed by atoms with van der Waals surface area (Å²) in [5, 5.41) is 40.1. The summed E-state index contributed by atoms with van der Waals surface area (Å²) < 4.78 is 0. The Bertz CT molecular complexity index is 707. The Labute approximate surface area is 195 Å². The van der Waals surface area contributed by atoms with Gasteiger partial charge in [-0.15, -0.1) is 0 Å². The Kier molecular flexibility index (Phi) is 10.4. The largest absolute Gasteiger partial charge is 0.396 e. The Balaban J connectivity index is 1.71. The van der Waals surface area contributed by atoms with Crippen LogP contribution in [0, 0.1) is 16.7 Å². The number of hydrogen-bond donors (Lipinski definition) is 4. The molecular formula is C28H46O4. The Morgan fingerprint density at radius 1 is 0.844 bits per heavy atom. The predicted molar refractivity (Wildman–Crippen MR) is 132 cm³/mol. The molecule has 0 fully saturated rings. The number of unbranched alkanes of at least 4 members (excludes halogenated alkanes) is 2. The van der Waals surface area contributed by atoms with Crippen LogP contribution in [0.25, 0.3) is 0 Å². The Morgan fingerprint density at radius 3 is 2.06 bits per heavy atom. The maximum Gasteiger partial charge on any atom is 0.100 e. The number of rotatable bonds is 14. The third-order valence-corrected chi connectivity index (χ3v) is 7.17. The zero-order valence-corrected chi connectivity index (χ0v) is 20.7. The average Bonchev–Trinajstić information content (AvgIpc) is 3.29.